The Morgan fingerprint density at radius 3 is 2.70 bits per heavy atom. The molecule has 0 radical (unpaired) electrons. The summed E-state index contributed by atoms with van der Waals surface area (Å²) in [7, 11) is 1.98. The van der Waals surface area contributed by atoms with E-state index in [1.54, 1.807) is 0 Å². The Labute approximate surface area is 62.8 Å². The van der Waals surface area contributed by atoms with Crippen molar-refractivity contribution in [1.29, 1.82) is 0 Å². The summed E-state index contributed by atoms with van der Waals surface area (Å²) >= 11 is 0. The monoisotopic (exact) mass is 143 g/mol. The van der Waals surface area contributed by atoms with E-state index in [0.29, 0.717) is 12.1 Å². The number of hydrazine groups is 1. The van der Waals surface area contributed by atoms with Crippen molar-refractivity contribution in [2.45, 2.75) is 25.9 Å². The fraction of sp³-hybridized carbons (Fsp3) is 1.00. The van der Waals surface area contributed by atoms with Gasteiger partial charge in [-0.3, -0.25) is 5.43 Å². The fourth-order valence-corrected chi connectivity index (χ4v) is 1.33. The molecule has 1 aliphatic heterocycles. The van der Waals surface area contributed by atoms with Gasteiger partial charge in [0.15, 0.2) is 0 Å². The standard InChI is InChI=1S/C7H17N3/c1-6-5-10(8-3)7(2)4-9-6/h6-9H,4-5H2,1-3H3. The van der Waals surface area contributed by atoms with Crippen LogP contribution in [0.3, 0.4) is 0 Å². The van der Waals surface area contributed by atoms with E-state index in [4.69, 9.17) is 0 Å². The highest BCUT2D eigenvalue weighted by Gasteiger charge is 2.20. The molecule has 0 aromatic carbocycles. The van der Waals surface area contributed by atoms with Gasteiger partial charge >= 0.3 is 0 Å². The van der Waals surface area contributed by atoms with Crippen LogP contribution in [-0.2, 0) is 0 Å². The van der Waals surface area contributed by atoms with Crippen LogP contribution in [0, 0.1) is 0 Å². The summed E-state index contributed by atoms with van der Waals surface area (Å²) in [5.74, 6) is 0. The van der Waals surface area contributed by atoms with E-state index >= 15 is 0 Å². The van der Waals surface area contributed by atoms with Gasteiger partial charge in [-0.25, -0.2) is 5.01 Å². The van der Waals surface area contributed by atoms with E-state index in [1.165, 1.54) is 0 Å². The molecule has 2 N–H and O–H groups in total. The number of nitrogens with zero attached hydrogens (tertiary/aromatic N) is 1. The Hall–Kier alpha value is -0.120. The first-order chi connectivity index (χ1) is 4.74. The van der Waals surface area contributed by atoms with Crippen LogP contribution < -0.4 is 10.7 Å². The third-order valence-electron chi connectivity index (χ3n) is 2.05. The fourth-order valence-electron chi connectivity index (χ4n) is 1.33. The zero-order valence-corrected chi connectivity index (χ0v) is 7.02. The Kier molecular flexibility index (Phi) is 2.65. The lowest BCUT2D eigenvalue weighted by molar-refractivity contribution is 0.0991. The van der Waals surface area contributed by atoms with E-state index < -0.39 is 0 Å². The topological polar surface area (TPSA) is 27.3 Å². The van der Waals surface area contributed by atoms with Gasteiger partial charge < -0.3 is 5.32 Å². The van der Waals surface area contributed by atoms with Crippen LogP contribution in [0.1, 0.15) is 13.8 Å². The van der Waals surface area contributed by atoms with Crippen molar-refractivity contribution in [3.63, 3.8) is 0 Å². The lowest BCUT2D eigenvalue weighted by Gasteiger charge is -2.36. The van der Waals surface area contributed by atoms with Crippen molar-refractivity contribution in [1.82, 2.24) is 15.8 Å². The maximum atomic E-state index is 3.41. The van der Waals surface area contributed by atoms with E-state index in [2.05, 4.69) is 29.6 Å². The molecule has 0 aromatic heterocycles. The van der Waals surface area contributed by atoms with Gasteiger partial charge in [0, 0.05) is 25.2 Å². The Bertz CT molecular complexity index is 105. The molecule has 0 spiro atoms. The molecule has 1 saturated heterocycles. The molecule has 0 amide bonds. The second kappa shape index (κ2) is 3.32. The molecule has 0 aliphatic carbocycles. The lowest BCUT2D eigenvalue weighted by atomic mass is 10.2. The van der Waals surface area contributed by atoms with Gasteiger partial charge in [-0.15, -0.1) is 0 Å². The van der Waals surface area contributed by atoms with Crippen molar-refractivity contribution in [3.05, 3.63) is 0 Å². The highest BCUT2D eigenvalue weighted by atomic mass is 15.5. The van der Waals surface area contributed by atoms with Gasteiger partial charge in [-0.05, 0) is 20.9 Å². The van der Waals surface area contributed by atoms with E-state index in [9.17, 15) is 0 Å². The molecule has 2 unspecified atom stereocenters. The predicted octanol–water partition coefficient (Wildman–Crippen LogP) is -0.197. The Morgan fingerprint density at radius 1 is 1.50 bits per heavy atom. The van der Waals surface area contributed by atoms with Gasteiger partial charge in [0.2, 0.25) is 0 Å². The molecule has 3 heteroatoms. The second-order valence-corrected chi connectivity index (χ2v) is 3.03. The maximum absolute atomic E-state index is 3.41. The Balaban J connectivity index is 2.38. The molecule has 1 heterocycles. The van der Waals surface area contributed by atoms with Gasteiger partial charge in [-0.1, -0.05) is 0 Å². The highest BCUT2D eigenvalue weighted by Crippen LogP contribution is 2.01. The van der Waals surface area contributed by atoms with Crippen LogP contribution in [0.15, 0.2) is 0 Å². The zero-order valence-electron chi connectivity index (χ0n) is 7.02. The molecular formula is C7H17N3. The van der Waals surface area contributed by atoms with Crippen LogP contribution in [0.2, 0.25) is 0 Å². The SMILES string of the molecule is CNN1CC(C)NCC1C. The van der Waals surface area contributed by atoms with Crippen LogP contribution in [0.4, 0.5) is 0 Å². The Morgan fingerprint density at radius 2 is 2.20 bits per heavy atom. The zero-order chi connectivity index (χ0) is 7.56. The molecule has 1 rings (SSSR count). The van der Waals surface area contributed by atoms with Crippen molar-refractivity contribution in [2.24, 2.45) is 0 Å². The molecular weight excluding hydrogens is 126 g/mol. The first-order valence-electron chi connectivity index (χ1n) is 3.91. The number of rotatable bonds is 1. The summed E-state index contributed by atoms with van der Waals surface area (Å²) in [6.45, 7) is 6.60. The molecule has 0 saturated carbocycles. The van der Waals surface area contributed by atoms with E-state index in [0.717, 1.165) is 13.1 Å². The number of piperazine rings is 1. The van der Waals surface area contributed by atoms with Crippen LogP contribution in [0.5, 0.6) is 0 Å². The van der Waals surface area contributed by atoms with Crippen molar-refractivity contribution < 1.29 is 0 Å². The molecule has 0 aromatic rings. The highest BCUT2D eigenvalue weighted by molar-refractivity contribution is 4.78. The van der Waals surface area contributed by atoms with Gasteiger partial charge in [0.1, 0.15) is 0 Å². The largest absolute Gasteiger partial charge is 0.311 e. The number of nitrogens with one attached hydrogen (secondary N) is 2. The van der Waals surface area contributed by atoms with Gasteiger partial charge in [-0.2, -0.15) is 0 Å². The predicted molar refractivity (Wildman–Crippen MR) is 42.7 cm³/mol. The summed E-state index contributed by atoms with van der Waals surface area (Å²) in [6.07, 6.45) is 0. The maximum Gasteiger partial charge on any atom is 0.0340 e. The molecule has 2 atom stereocenters. The first kappa shape index (κ1) is 7.98. The summed E-state index contributed by atoms with van der Waals surface area (Å²) in [5.41, 5.74) is 3.18. The van der Waals surface area contributed by atoms with E-state index in [1.807, 2.05) is 7.05 Å². The van der Waals surface area contributed by atoms with Crippen LogP contribution in [0.25, 0.3) is 0 Å². The third-order valence-corrected chi connectivity index (χ3v) is 2.05. The molecule has 1 fully saturated rings. The smallest absolute Gasteiger partial charge is 0.0340 e. The molecule has 0 bridgehead atoms. The van der Waals surface area contributed by atoms with Crippen LogP contribution in [-0.4, -0.2) is 37.2 Å². The van der Waals surface area contributed by atoms with E-state index in [-0.39, 0.29) is 0 Å². The van der Waals surface area contributed by atoms with Crippen LogP contribution >= 0.6 is 0 Å². The van der Waals surface area contributed by atoms with Crippen molar-refractivity contribution >= 4 is 0 Å². The van der Waals surface area contributed by atoms with Gasteiger partial charge in [0.25, 0.3) is 0 Å². The minimum absolute atomic E-state index is 0.612. The average molecular weight is 143 g/mol. The minimum Gasteiger partial charge on any atom is -0.311 e. The van der Waals surface area contributed by atoms with Gasteiger partial charge in [0.05, 0.1) is 0 Å². The van der Waals surface area contributed by atoms with Crippen molar-refractivity contribution in [3.8, 4) is 0 Å². The average Bonchev–Trinajstić information content (AvgIpc) is 1.94. The summed E-state index contributed by atoms with van der Waals surface area (Å²) < 4.78 is 0. The lowest BCUT2D eigenvalue weighted by Crippen LogP contribution is -2.58. The second-order valence-electron chi connectivity index (χ2n) is 3.03. The quantitative estimate of drug-likeness (QED) is 0.532. The summed E-state index contributed by atoms with van der Waals surface area (Å²) in [5, 5.41) is 5.68. The normalized spacial score (nSPS) is 36.3. The summed E-state index contributed by atoms with van der Waals surface area (Å²) in [6, 6.07) is 1.23. The molecule has 1 aliphatic rings. The molecule has 3 nitrogen and oxygen atoms in total. The summed E-state index contributed by atoms with van der Waals surface area (Å²) in [4.78, 5) is 0. The number of hydrogen-bond donors (Lipinski definition) is 2. The molecule has 10 heavy (non-hydrogen) atoms. The van der Waals surface area contributed by atoms with Crippen molar-refractivity contribution in [2.75, 3.05) is 20.1 Å². The minimum atomic E-state index is 0.612. The third kappa shape index (κ3) is 1.68. The molecule has 60 valence electrons. The number of hydrogen-bond acceptors (Lipinski definition) is 3. The first-order valence-corrected chi connectivity index (χ1v) is 3.91.